The Morgan fingerprint density at radius 2 is 1.03 bits per heavy atom. The van der Waals surface area contributed by atoms with E-state index < -0.39 is 38.3 Å². The number of hydrogen-bond acceptors (Lipinski definition) is 9. The van der Waals surface area contributed by atoms with Crippen LogP contribution < -0.4 is 16.0 Å². The summed E-state index contributed by atoms with van der Waals surface area (Å²) in [5.74, 6) is -3.72. The average molecular weight is 954 g/mol. The number of phenols is 1. The molecule has 0 heterocycles. The Labute approximate surface area is 398 Å². The van der Waals surface area contributed by atoms with Crippen LogP contribution in [-0.4, -0.2) is 83.9 Å². The molecule has 4 atom stereocenters. The third-order valence-corrected chi connectivity index (χ3v) is 12.9. The number of aliphatic carboxylic acids is 1. The van der Waals surface area contributed by atoms with E-state index in [-0.39, 0.29) is 49.8 Å². The lowest BCUT2D eigenvalue weighted by atomic mass is 9.98. The van der Waals surface area contributed by atoms with E-state index in [2.05, 4.69) is 36.7 Å². The standard InChI is InChI=1S/C51H92N3O11P/c1-4-7-10-13-15-17-18-20-22-25-28-31-49(57)54-45(42-65-66(61,62)64-39-37-52-50(58)47(51(59)60)40-43-32-34-46(55)35-33-43)41-63-38-36-44(29-26-23-12-9-6-3)53-48(56)30-27-24-21-19-16-14-11-8-5-2/h32-35,44-45,47,55H,4-31,36-42H2,1-3H3,(H,52,58)(H,53,56)(H,54,57)(H,59,60)(H,61,62)/t44-,45-,47?/m1/s1. The van der Waals surface area contributed by atoms with Gasteiger partial charge >= 0.3 is 13.8 Å². The van der Waals surface area contributed by atoms with E-state index in [1.54, 1.807) is 0 Å². The van der Waals surface area contributed by atoms with E-state index in [9.17, 15) is 38.8 Å². The van der Waals surface area contributed by atoms with E-state index in [1.165, 1.54) is 114 Å². The lowest BCUT2D eigenvalue weighted by Crippen LogP contribution is -2.42. The van der Waals surface area contributed by atoms with Gasteiger partial charge in [-0.05, 0) is 49.8 Å². The van der Waals surface area contributed by atoms with Gasteiger partial charge in [0.25, 0.3) is 0 Å². The Bertz CT molecular complexity index is 1430. The van der Waals surface area contributed by atoms with Crippen molar-refractivity contribution in [2.45, 2.75) is 225 Å². The number of carboxylic acid groups (broad SMARTS) is 1. The Hall–Kier alpha value is -3.03. The van der Waals surface area contributed by atoms with E-state index in [0.29, 0.717) is 31.4 Å². The molecule has 0 aliphatic heterocycles. The van der Waals surface area contributed by atoms with Gasteiger partial charge in [-0.2, -0.15) is 0 Å². The quantitative estimate of drug-likeness (QED) is 0.0206. The molecular weight excluding hydrogens is 862 g/mol. The number of carboxylic acids is 1. The largest absolute Gasteiger partial charge is 0.508 e. The van der Waals surface area contributed by atoms with Gasteiger partial charge in [0, 0.05) is 32.0 Å². The zero-order valence-corrected chi connectivity index (χ0v) is 42.2. The van der Waals surface area contributed by atoms with E-state index in [1.807, 2.05) is 0 Å². The molecule has 0 aliphatic rings. The SMILES string of the molecule is CCCCCCCCCCCCCC(=O)N[C@H](COCC[C@@H](CCCCCCC)NC(=O)CCCCCCCCCCC)COP(=O)(O)OCCNC(=O)C(Cc1ccc(O)cc1)C(=O)O. The summed E-state index contributed by atoms with van der Waals surface area (Å²) in [6.45, 7) is 5.86. The highest BCUT2D eigenvalue weighted by Gasteiger charge is 2.28. The monoisotopic (exact) mass is 954 g/mol. The number of hydrogen-bond donors (Lipinski definition) is 6. The normalized spacial score (nSPS) is 13.7. The van der Waals surface area contributed by atoms with Crippen molar-refractivity contribution in [2.75, 3.05) is 33.0 Å². The van der Waals surface area contributed by atoms with E-state index >= 15 is 0 Å². The summed E-state index contributed by atoms with van der Waals surface area (Å²) >= 11 is 0. The summed E-state index contributed by atoms with van der Waals surface area (Å²) in [6, 6.07) is 5.02. The van der Waals surface area contributed by atoms with Gasteiger partial charge < -0.3 is 35.8 Å². The molecule has 0 spiro atoms. The first-order valence-electron chi connectivity index (χ1n) is 26.0. The fourth-order valence-electron chi connectivity index (χ4n) is 7.85. The second kappa shape index (κ2) is 41.0. The van der Waals surface area contributed by atoms with Crippen LogP contribution in [0.25, 0.3) is 0 Å². The first-order valence-corrected chi connectivity index (χ1v) is 27.5. The summed E-state index contributed by atoms with van der Waals surface area (Å²) in [6.07, 6.45) is 31.2. The van der Waals surface area contributed by atoms with Crippen LogP contribution in [0.2, 0.25) is 0 Å². The third-order valence-electron chi connectivity index (χ3n) is 11.9. The molecule has 14 nitrogen and oxygen atoms in total. The minimum atomic E-state index is -4.66. The number of amides is 3. The zero-order valence-electron chi connectivity index (χ0n) is 41.3. The topological polar surface area (TPSA) is 210 Å². The number of carbonyl (C=O) groups excluding carboxylic acids is 3. The Morgan fingerprint density at radius 3 is 1.52 bits per heavy atom. The molecule has 0 saturated carbocycles. The maximum atomic E-state index is 13.1. The molecule has 3 amide bonds. The fraction of sp³-hybridized carbons (Fsp3) is 0.804. The van der Waals surface area contributed by atoms with Crippen LogP contribution in [0.15, 0.2) is 24.3 Å². The summed E-state index contributed by atoms with van der Waals surface area (Å²) in [5, 5.41) is 27.7. The zero-order chi connectivity index (χ0) is 48.5. The molecule has 1 aromatic carbocycles. The lowest BCUT2D eigenvalue weighted by molar-refractivity contribution is -0.147. The van der Waals surface area contributed by atoms with E-state index in [0.717, 1.165) is 77.0 Å². The van der Waals surface area contributed by atoms with Crippen molar-refractivity contribution in [3.8, 4) is 5.75 Å². The maximum Gasteiger partial charge on any atom is 0.472 e. The highest BCUT2D eigenvalue weighted by Crippen LogP contribution is 2.43. The molecule has 15 heteroatoms. The summed E-state index contributed by atoms with van der Waals surface area (Å²) in [4.78, 5) is 61.0. The Balaban J connectivity index is 2.73. The molecule has 0 bridgehead atoms. The predicted molar refractivity (Wildman–Crippen MR) is 263 cm³/mol. The van der Waals surface area contributed by atoms with Gasteiger partial charge in [-0.1, -0.05) is 181 Å². The van der Waals surface area contributed by atoms with Gasteiger partial charge in [0.15, 0.2) is 0 Å². The number of nitrogens with one attached hydrogen (secondary N) is 3. The first kappa shape index (κ1) is 61.0. The van der Waals surface area contributed by atoms with Gasteiger partial charge in [0.2, 0.25) is 17.7 Å². The van der Waals surface area contributed by atoms with Crippen LogP contribution in [0.5, 0.6) is 5.75 Å². The molecular formula is C51H92N3O11P. The minimum Gasteiger partial charge on any atom is -0.508 e. The molecule has 0 saturated heterocycles. The molecule has 1 rings (SSSR count). The number of phenolic OH excluding ortho intramolecular Hbond substituents is 1. The molecule has 0 aromatic heterocycles. The van der Waals surface area contributed by atoms with Gasteiger partial charge in [0.05, 0.1) is 25.9 Å². The number of ether oxygens (including phenoxy) is 1. The number of benzene rings is 1. The van der Waals surface area contributed by atoms with Crippen LogP contribution in [0.3, 0.4) is 0 Å². The van der Waals surface area contributed by atoms with Crippen molar-refractivity contribution in [3.05, 3.63) is 29.8 Å². The summed E-state index contributed by atoms with van der Waals surface area (Å²) < 4.78 is 29.3. The second-order valence-corrected chi connectivity index (χ2v) is 19.6. The number of phosphoric ester groups is 1. The number of aromatic hydroxyl groups is 1. The molecule has 0 aliphatic carbocycles. The van der Waals surface area contributed by atoms with E-state index in [4.69, 9.17) is 13.8 Å². The third kappa shape index (κ3) is 35.2. The minimum absolute atomic E-state index is 0.00721. The Kier molecular flexibility index (Phi) is 37.9. The van der Waals surface area contributed by atoms with Crippen molar-refractivity contribution in [1.82, 2.24) is 16.0 Å². The number of phosphoric acid groups is 1. The fourth-order valence-corrected chi connectivity index (χ4v) is 8.62. The highest BCUT2D eigenvalue weighted by atomic mass is 31.2. The molecule has 2 unspecified atom stereocenters. The maximum absolute atomic E-state index is 13.1. The predicted octanol–water partition coefficient (Wildman–Crippen LogP) is 11.2. The van der Waals surface area contributed by atoms with Gasteiger partial charge in [0.1, 0.15) is 11.7 Å². The van der Waals surface area contributed by atoms with Gasteiger partial charge in [-0.3, -0.25) is 28.2 Å². The van der Waals surface area contributed by atoms with Crippen LogP contribution in [-0.2, 0) is 43.9 Å². The van der Waals surface area contributed by atoms with Gasteiger partial charge in [-0.25, -0.2) is 4.57 Å². The second-order valence-electron chi connectivity index (χ2n) is 18.1. The molecule has 0 radical (unpaired) electrons. The number of unbranched alkanes of at least 4 members (excludes halogenated alkanes) is 22. The summed E-state index contributed by atoms with van der Waals surface area (Å²) in [7, 11) is -4.66. The van der Waals surface area contributed by atoms with Crippen molar-refractivity contribution < 1.29 is 52.6 Å². The molecule has 382 valence electrons. The molecule has 6 N–H and O–H groups in total. The van der Waals surface area contributed by atoms with Crippen LogP contribution in [0.4, 0.5) is 0 Å². The van der Waals surface area contributed by atoms with Crippen molar-refractivity contribution in [3.63, 3.8) is 0 Å². The first-order chi connectivity index (χ1) is 31.9. The summed E-state index contributed by atoms with van der Waals surface area (Å²) in [5.41, 5.74) is 0.535. The van der Waals surface area contributed by atoms with Crippen LogP contribution in [0.1, 0.15) is 213 Å². The van der Waals surface area contributed by atoms with Crippen molar-refractivity contribution >= 4 is 31.5 Å². The smallest absolute Gasteiger partial charge is 0.472 e. The molecule has 1 aromatic rings. The van der Waals surface area contributed by atoms with Crippen LogP contribution >= 0.6 is 7.82 Å². The van der Waals surface area contributed by atoms with Crippen molar-refractivity contribution in [1.29, 1.82) is 0 Å². The van der Waals surface area contributed by atoms with Crippen LogP contribution in [0, 0.1) is 5.92 Å². The molecule has 0 fully saturated rings. The lowest BCUT2D eigenvalue weighted by Gasteiger charge is -2.22. The average Bonchev–Trinajstić information content (AvgIpc) is 3.29. The van der Waals surface area contributed by atoms with Gasteiger partial charge in [-0.15, -0.1) is 0 Å². The Morgan fingerprint density at radius 1 is 0.576 bits per heavy atom. The number of rotatable bonds is 46. The van der Waals surface area contributed by atoms with Crippen molar-refractivity contribution in [2.24, 2.45) is 5.92 Å². The highest BCUT2D eigenvalue weighted by molar-refractivity contribution is 7.47. The number of carbonyl (C=O) groups is 4. The molecule has 66 heavy (non-hydrogen) atoms.